The zero-order chi connectivity index (χ0) is 20.9. The van der Waals surface area contributed by atoms with Crippen molar-refractivity contribution in [2.45, 2.75) is 12.5 Å². The number of aromatic nitrogens is 1. The van der Waals surface area contributed by atoms with Crippen LogP contribution in [0.1, 0.15) is 33.4 Å². The van der Waals surface area contributed by atoms with E-state index in [1.54, 1.807) is 25.3 Å². The minimum absolute atomic E-state index is 0.199. The summed E-state index contributed by atoms with van der Waals surface area (Å²) >= 11 is 6.04. The Morgan fingerprint density at radius 1 is 1.07 bits per heavy atom. The average Bonchev–Trinajstić information content (AvgIpc) is 3.19. The van der Waals surface area contributed by atoms with E-state index in [1.165, 1.54) is 0 Å². The molecule has 0 saturated carbocycles. The first-order chi connectivity index (χ1) is 14.6. The van der Waals surface area contributed by atoms with Gasteiger partial charge in [0.2, 0.25) is 0 Å². The van der Waals surface area contributed by atoms with Gasteiger partial charge in [-0.25, -0.2) is 4.98 Å². The van der Waals surface area contributed by atoms with E-state index in [0.717, 1.165) is 16.6 Å². The van der Waals surface area contributed by atoms with Crippen molar-refractivity contribution in [2.75, 3.05) is 13.7 Å². The molecule has 3 aromatic carbocycles. The molecule has 0 aliphatic carbocycles. The summed E-state index contributed by atoms with van der Waals surface area (Å²) in [5.74, 6) is 0.392. The van der Waals surface area contributed by atoms with E-state index < -0.39 is 0 Å². The highest BCUT2D eigenvalue weighted by Gasteiger charge is 2.19. The molecule has 152 valence electrons. The number of fused-ring (bicyclic) bond motifs is 1. The number of nitrogens with zero attached hydrogens (tertiary/aromatic N) is 1. The quantitative estimate of drug-likeness (QED) is 0.447. The molecule has 1 N–H and O–H groups in total. The molecule has 0 aliphatic rings. The highest BCUT2D eigenvalue weighted by molar-refractivity contribution is 6.30. The number of benzene rings is 3. The molecule has 0 spiro atoms. The lowest BCUT2D eigenvalue weighted by Crippen LogP contribution is -2.29. The van der Waals surface area contributed by atoms with Gasteiger partial charge < -0.3 is 14.5 Å². The predicted octanol–water partition coefficient (Wildman–Crippen LogP) is 5.19. The van der Waals surface area contributed by atoms with E-state index in [9.17, 15) is 4.79 Å². The summed E-state index contributed by atoms with van der Waals surface area (Å²) in [7, 11) is 1.63. The minimum Gasteiger partial charge on any atom is -0.441 e. The van der Waals surface area contributed by atoms with Crippen LogP contribution in [0.5, 0.6) is 0 Å². The average molecular weight is 421 g/mol. The standard InChI is InChI=1S/C24H21ClN2O3/c1-29-14-13-22-26-20-12-9-18(15-21(20)30-22)24(28)27-23(16-5-3-2-4-6-16)17-7-10-19(25)11-8-17/h2-12,15,23H,13-14H2,1H3,(H,27,28)/t23-/m0/s1. The fraction of sp³-hybridized carbons (Fsp3) is 0.167. The summed E-state index contributed by atoms with van der Waals surface area (Å²) in [5, 5.41) is 3.78. The van der Waals surface area contributed by atoms with Crippen LogP contribution < -0.4 is 5.32 Å². The SMILES string of the molecule is COCCc1nc2ccc(C(=O)N[C@@H](c3ccccc3)c3ccc(Cl)cc3)cc2o1. The minimum atomic E-state index is -0.307. The predicted molar refractivity (Wildman–Crippen MR) is 117 cm³/mol. The lowest BCUT2D eigenvalue weighted by Gasteiger charge is -2.20. The van der Waals surface area contributed by atoms with Crippen LogP contribution >= 0.6 is 11.6 Å². The van der Waals surface area contributed by atoms with Gasteiger partial charge in [-0.15, -0.1) is 0 Å². The Hall–Kier alpha value is -3.15. The van der Waals surface area contributed by atoms with E-state index in [1.807, 2.05) is 54.6 Å². The number of nitrogens with one attached hydrogen (secondary N) is 1. The molecule has 5 nitrogen and oxygen atoms in total. The third-order valence-electron chi connectivity index (χ3n) is 4.83. The maximum atomic E-state index is 13.1. The van der Waals surface area contributed by atoms with Crippen LogP contribution in [0.2, 0.25) is 5.02 Å². The normalized spacial score (nSPS) is 12.1. The second-order valence-electron chi connectivity index (χ2n) is 6.90. The highest BCUT2D eigenvalue weighted by atomic mass is 35.5. The number of carbonyl (C=O) groups excluding carboxylic acids is 1. The third-order valence-corrected chi connectivity index (χ3v) is 5.08. The largest absolute Gasteiger partial charge is 0.441 e. The number of amides is 1. The monoisotopic (exact) mass is 420 g/mol. The van der Waals surface area contributed by atoms with Crippen molar-refractivity contribution in [1.29, 1.82) is 0 Å². The van der Waals surface area contributed by atoms with Gasteiger partial charge in [-0.2, -0.15) is 0 Å². The summed E-state index contributed by atoms with van der Waals surface area (Å²) in [6.45, 7) is 0.528. The molecule has 0 radical (unpaired) electrons. The lowest BCUT2D eigenvalue weighted by molar-refractivity contribution is 0.0943. The van der Waals surface area contributed by atoms with E-state index in [0.29, 0.717) is 35.1 Å². The van der Waals surface area contributed by atoms with Gasteiger partial charge in [0.15, 0.2) is 11.5 Å². The summed E-state index contributed by atoms with van der Waals surface area (Å²) in [6.07, 6.45) is 0.583. The molecule has 1 heterocycles. The van der Waals surface area contributed by atoms with Gasteiger partial charge in [0.05, 0.1) is 12.6 Å². The van der Waals surface area contributed by atoms with E-state index in [2.05, 4.69) is 10.3 Å². The van der Waals surface area contributed by atoms with Gasteiger partial charge in [0.1, 0.15) is 5.52 Å². The van der Waals surface area contributed by atoms with Crippen LogP contribution in [0.4, 0.5) is 0 Å². The first kappa shape index (κ1) is 20.1. The van der Waals surface area contributed by atoms with Gasteiger partial charge in [-0.3, -0.25) is 4.79 Å². The smallest absolute Gasteiger partial charge is 0.252 e. The van der Waals surface area contributed by atoms with Crippen LogP contribution in [0, 0.1) is 0 Å². The van der Waals surface area contributed by atoms with Crippen LogP contribution in [-0.2, 0) is 11.2 Å². The molecule has 0 aliphatic heterocycles. The number of oxazole rings is 1. The van der Waals surface area contributed by atoms with E-state index >= 15 is 0 Å². The fourth-order valence-corrected chi connectivity index (χ4v) is 3.41. The lowest BCUT2D eigenvalue weighted by atomic mass is 9.98. The molecular weight excluding hydrogens is 400 g/mol. The second kappa shape index (κ2) is 9.11. The van der Waals surface area contributed by atoms with Gasteiger partial charge in [-0.05, 0) is 41.5 Å². The van der Waals surface area contributed by atoms with Crippen molar-refractivity contribution in [2.24, 2.45) is 0 Å². The summed E-state index contributed by atoms with van der Waals surface area (Å²) in [5.41, 5.74) is 3.73. The van der Waals surface area contributed by atoms with E-state index in [4.69, 9.17) is 20.8 Å². The van der Waals surface area contributed by atoms with Gasteiger partial charge in [0.25, 0.3) is 5.91 Å². The second-order valence-corrected chi connectivity index (χ2v) is 7.34. The first-order valence-corrected chi connectivity index (χ1v) is 10.0. The number of rotatable bonds is 7. The van der Waals surface area contributed by atoms with Crippen LogP contribution in [0.25, 0.3) is 11.1 Å². The topological polar surface area (TPSA) is 64.4 Å². The Morgan fingerprint density at radius 2 is 1.80 bits per heavy atom. The van der Waals surface area contributed by atoms with Crippen molar-refractivity contribution in [3.05, 3.63) is 100 Å². The number of methoxy groups -OCH3 is 1. The first-order valence-electron chi connectivity index (χ1n) is 9.64. The van der Waals surface area contributed by atoms with Crippen molar-refractivity contribution in [3.8, 4) is 0 Å². The van der Waals surface area contributed by atoms with Crippen molar-refractivity contribution in [1.82, 2.24) is 10.3 Å². The Kier molecular flexibility index (Phi) is 6.12. The third kappa shape index (κ3) is 4.53. The molecule has 4 aromatic rings. The maximum absolute atomic E-state index is 13.1. The van der Waals surface area contributed by atoms with Crippen LogP contribution in [-0.4, -0.2) is 24.6 Å². The molecule has 0 bridgehead atoms. The summed E-state index contributed by atoms with van der Waals surface area (Å²) in [6, 6.07) is 22.3. The van der Waals surface area contributed by atoms with Crippen molar-refractivity contribution < 1.29 is 13.9 Å². The molecule has 0 unspecified atom stereocenters. The van der Waals surface area contributed by atoms with Crippen LogP contribution in [0.15, 0.2) is 77.2 Å². The maximum Gasteiger partial charge on any atom is 0.252 e. The molecule has 4 rings (SSSR count). The molecule has 6 heteroatoms. The Morgan fingerprint density at radius 3 is 2.53 bits per heavy atom. The van der Waals surface area contributed by atoms with Crippen molar-refractivity contribution >= 4 is 28.6 Å². The number of hydrogen-bond acceptors (Lipinski definition) is 4. The van der Waals surface area contributed by atoms with Gasteiger partial charge in [-0.1, -0.05) is 54.1 Å². The molecular formula is C24H21ClN2O3. The summed E-state index contributed by atoms with van der Waals surface area (Å²) < 4.78 is 10.8. The molecule has 1 amide bonds. The molecule has 1 atom stereocenters. The number of carbonyl (C=O) groups is 1. The van der Waals surface area contributed by atoms with Gasteiger partial charge >= 0.3 is 0 Å². The summed E-state index contributed by atoms with van der Waals surface area (Å²) in [4.78, 5) is 17.5. The van der Waals surface area contributed by atoms with Crippen LogP contribution in [0.3, 0.4) is 0 Å². The van der Waals surface area contributed by atoms with E-state index in [-0.39, 0.29) is 11.9 Å². The van der Waals surface area contributed by atoms with Gasteiger partial charge in [0, 0.05) is 24.1 Å². The highest BCUT2D eigenvalue weighted by Crippen LogP contribution is 2.25. The molecule has 0 saturated heterocycles. The Balaban J connectivity index is 1.61. The number of halogens is 1. The zero-order valence-electron chi connectivity index (χ0n) is 16.5. The van der Waals surface area contributed by atoms with Crippen molar-refractivity contribution in [3.63, 3.8) is 0 Å². The number of hydrogen-bond donors (Lipinski definition) is 1. The molecule has 30 heavy (non-hydrogen) atoms. The molecule has 0 fully saturated rings. The fourth-order valence-electron chi connectivity index (χ4n) is 3.28. The molecule has 1 aromatic heterocycles. The number of ether oxygens (including phenoxy) is 1. The Bertz CT molecular complexity index is 1140. The zero-order valence-corrected chi connectivity index (χ0v) is 17.2. The Labute approximate surface area is 179 Å².